The van der Waals surface area contributed by atoms with Crippen LogP contribution in [0.3, 0.4) is 0 Å². The third kappa shape index (κ3) is 3.87. The summed E-state index contributed by atoms with van der Waals surface area (Å²) >= 11 is 0. The Morgan fingerprint density at radius 2 is 1.93 bits per heavy atom. The van der Waals surface area contributed by atoms with Gasteiger partial charge in [0.2, 0.25) is 0 Å². The number of aromatic amines is 2. The van der Waals surface area contributed by atoms with Gasteiger partial charge in [-0.05, 0) is 42.6 Å². The van der Waals surface area contributed by atoms with E-state index in [1.807, 2.05) is 49.4 Å². The molecule has 5 N–H and O–H groups in total. The molecule has 30 heavy (non-hydrogen) atoms. The third-order valence-electron chi connectivity index (χ3n) is 4.81. The van der Waals surface area contributed by atoms with E-state index in [1.165, 1.54) is 0 Å². The summed E-state index contributed by atoms with van der Waals surface area (Å²) in [6.07, 6.45) is -0.947. The fourth-order valence-corrected chi connectivity index (χ4v) is 3.39. The molecule has 1 unspecified atom stereocenters. The molecule has 0 saturated carbocycles. The number of rotatable bonds is 9. The lowest BCUT2D eigenvalue weighted by Crippen LogP contribution is -2.21. The zero-order valence-electron chi connectivity index (χ0n) is 16.9. The summed E-state index contributed by atoms with van der Waals surface area (Å²) in [4.78, 5) is 0. The molecule has 0 radical (unpaired) electrons. The Balaban J connectivity index is 1.65. The Labute approximate surface area is 173 Å². The van der Waals surface area contributed by atoms with Gasteiger partial charge in [0.1, 0.15) is 24.3 Å². The first-order valence-electron chi connectivity index (χ1n) is 9.75. The van der Waals surface area contributed by atoms with Gasteiger partial charge in [-0.15, -0.1) is 0 Å². The number of hydrogen-bond acceptors (Lipinski definition) is 6. The van der Waals surface area contributed by atoms with E-state index in [2.05, 4.69) is 15.5 Å². The standard InChI is InChI=1S/C22H25N3O5/c1-3-29-16-6-4-5-14(9-16)23-22-18-7-13-8-20(30-12-15(27)11-26)19(28-2)10-17(13)21(18)24-25-22/h4-10,15,23-27H,3,11-12H2,1-2H3. The lowest BCUT2D eigenvalue weighted by Gasteiger charge is -2.13. The summed E-state index contributed by atoms with van der Waals surface area (Å²) < 4.78 is 16.7. The van der Waals surface area contributed by atoms with Crippen molar-refractivity contribution < 1.29 is 24.4 Å². The first-order chi connectivity index (χ1) is 14.6. The minimum absolute atomic E-state index is 0.0201. The van der Waals surface area contributed by atoms with Crippen LogP contribution < -0.4 is 19.5 Å². The fraction of sp³-hybridized carbons (Fsp3) is 0.273. The lowest BCUT2D eigenvalue weighted by atomic mass is 10.2. The molecule has 2 aliphatic rings. The van der Waals surface area contributed by atoms with E-state index in [1.54, 1.807) is 7.11 Å². The van der Waals surface area contributed by atoms with Crippen LogP contribution in [0.5, 0.6) is 17.2 Å². The summed E-state index contributed by atoms with van der Waals surface area (Å²) in [6, 6.07) is 13.6. The molecule has 0 amide bonds. The Morgan fingerprint density at radius 3 is 2.70 bits per heavy atom. The molecular formula is C22H25N3O5. The Bertz CT molecular complexity index is 1100. The molecule has 0 saturated heterocycles. The monoisotopic (exact) mass is 411 g/mol. The van der Waals surface area contributed by atoms with E-state index in [0.717, 1.165) is 39.3 Å². The molecule has 1 atom stereocenters. The number of ether oxygens (including phenoxy) is 3. The van der Waals surface area contributed by atoms with Crippen LogP contribution in [0.4, 0.5) is 11.5 Å². The fourth-order valence-electron chi connectivity index (χ4n) is 3.39. The van der Waals surface area contributed by atoms with Crippen LogP contribution in [0.1, 0.15) is 6.92 Å². The van der Waals surface area contributed by atoms with Crippen LogP contribution >= 0.6 is 0 Å². The molecule has 1 aliphatic carbocycles. The lowest BCUT2D eigenvalue weighted by molar-refractivity contribution is 0.0528. The highest BCUT2D eigenvalue weighted by Gasteiger charge is 2.20. The van der Waals surface area contributed by atoms with Crippen LogP contribution in [0, 0.1) is 0 Å². The van der Waals surface area contributed by atoms with Crippen LogP contribution in [0.2, 0.25) is 0 Å². The van der Waals surface area contributed by atoms with Gasteiger partial charge in [0.05, 0.1) is 26.0 Å². The topological polar surface area (TPSA) is 112 Å². The number of nitrogens with one attached hydrogen (secondary N) is 3. The number of anilines is 2. The van der Waals surface area contributed by atoms with Crippen LogP contribution in [0.15, 0.2) is 42.5 Å². The first kappa shape index (κ1) is 19.9. The molecule has 0 fully saturated rings. The number of methoxy groups -OCH3 is 1. The number of aliphatic hydroxyl groups is 2. The first-order valence-corrected chi connectivity index (χ1v) is 9.75. The van der Waals surface area contributed by atoms with E-state index in [0.29, 0.717) is 18.1 Å². The van der Waals surface area contributed by atoms with E-state index >= 15 is 0 Å². The second kappa shape index (κ2) is 8.56. The van der Waals surface area contributed by atoms with Gasteiger partial charge < -0.3 is 29.7 Å². The van der Waals surface area contributed by atoms with E-state index in [9.17, 15) is 5.11 Å². The zero-order chi connectivity index (χ0) is 21.1. The normalized spacial score (nSPS) is 12.3. The summed E-state index contributed by atoms with van der Waals surface area (Å²) in [5, 5.41) is 30.3. The van der Waals surface area contributed by atoms with Gasteiger partial charge in [0.15, 0.2) is 11.5 Å². The quantitative estimate of drug-likeness (QED) is 0.288. The number of fused-ring (bicyclic) bond motifs is 3. The highest BCUT2D eigenvalue weighted by Crippen LogP contribution is 2.43. The van der Waals surface area contributed by atoms with Crippen molar-refractivity contribution in [2.45, 2.75) is 13.0 Å². The predicted octanol–water partition coefficient (Wildman–Crippen LogP) is 3.48. The predicted molar refractivity (Wildman–Crippen MR) is 115 cm³/mol. The largest absolute Gasteiger partial charge is 0.494 e. The average Bonchev–Trinajstić information content (AvgIpc) is 3.31. The molecular weight excluding hydrogens is 386 g/mol. The van der Waals surface area contributed by atoms with Crippen molar-refractivity contribution in [2.75, 3.05) is 32.2 Å². The summed E-state index contributed by atoms with van der Waals surface area (Å²) in [7, 11) is 1.57. The highest BCUT2D eigenvalue weighted by atomic mass is 16.5. The maximum Gasteiger partial charge on any atom is 0.161 e. The van der Waals surface area contributed by atoms with Gasteiger partial charge in [0, 0.05) is 22.7 Å². The smallest absolute Gasteiger partial charge is 0.161 e. The number of H-pyrrole nitrogens is 2. The molecule has 1 aliphatic heterocycles. The average molecular weight is 411 g/mol. The van der Waals surface area contributed by atoms with Gasteiger partial charge in [-0.1, -0.05) is 6.07 Å². The number of aliphatic hydroxyl groups excluding tert-OH is 2. The summed E-state index contributed by atoms with van der Waals surface area (Å²) in [5.41, 5.74) is 2.83. The second-order valence-electron chi connectivity index (χ2n) is 6.88. The molecule has 2 aromatic carbocycles. The Morgan fingerprint density at radius 1 is 1.07 bits per heavy atom. The Kier molecular flexibility index (Phi) is 5.69. The van der Waals surface area contributed by atoms with Gasteiger partial charge in [-0.2, -0.15) is 0 Å². The second-order valence-corrected chi connectivity index (χ2v) is 6.88. The van der Waals surface area contributed by atoms with Crippen molar-refractivity contribution in [1.29, 1.82) is 0 Å². The van der Waals surface area contributed by atoms with E-state index in [4.69, 9.17) is 19.3 Å². The summed E-state index contributed by atoms with van der Waals surface area (Å²) in [6.45, 7) is 2.18. The molecule has 0 aromatic heterocycles. The van der Waals surface area contributed by atoms with E-state index < -0.39 is 6.10 Å². The van der Waals surface area contributed by atoms with Crippen molar-refractivity contribution in [3.05, 3.63) is 42.5 Å². The number of hydrogen-bond donors (Lipinski definition) is 5. The molecule has 1 heterocycles. The molecule has 2 aromatic rings. The van der Waals surface area contributed by atoms with Gasteiger partial charge in [0.25, 0.3) is 0 Å². The molecule has 4 rings (SSSR count). The van der Waals surface area contributed by atoms with Crippen molar-refractivity contribution >= 4 is 22.3 Å². The third-order valence-corrected chi connectivity index (χ3v) is 4.81. The minimum Gasteiger partial charge on any atom is -0.494 e. The van der Waals surface area contributed by atoms with Crippen molar-refractivity contribution in [1.82, 2.24) is 10.2 Å². The number of aromatic nitrogens is 2. The maximum atomic E-state index is 9.56. The number of benzene rings is 2. The van der Waals surface area contributed by atoms with Gasteiger partial charge >= 0.3 is 0 Å². The van der Waals surface area contributed by atoms with Crippen molar-refractivity contribution in [3.8, 4) is 28.5 Å². The van der Waals surface area contributed by atoms with Crippen molar-refractivity contribution in [2.24, 2.45) is 0 Å². The maximum absolute atomic E-state index is 9.56. The highest BCUT2D eigenvalue weighted by molar-refractivity contribution is 6.05. The minimum atomic E-state index is -0.947. The zero-order valence-corrected chi connectivity index (χ0v) is 16.9. The van der Waals surface area contributed by atoms with E-state index in [-0.39, 0.29) is 13.2 Å². The van der Waals surface area contributed by atoms with Crippen molar-refractivity contribution in [3.63, 3.8) is 0 Å². The Hall–Kier alpha value is -3.36. The van der Waals surface area contributed by atoms with Crippen LogP contribution in [-0.4, -0.2) is 53.4 Å². The molecule has 0 bridgehead atoms. The molecule has 0 spiro atoms. The van der Waals surface area contributed by atoms with Gasteiger partial charge in [-0.25, -0.2) is 0 Å². The SMILES string of the molecule is CCOc1cccc(Nc2[nH][nH]c3c4cc(OC)c(OCC(O)CO)cc4cc2-3)c1. The van der Waals surface area contributed by atoms with Crippen LogP contribution in [0.25, 0.3) is 22.0 Å². The summed E-state index contributed by atoms with van der Waals surface area (Å²) in [5.74, 6) is 2.69. The molecule has 8 heteroatoms. The van der Waals surface area contributed by atoms with Crippen LogP contribution in [-0.2, 0) is 0 Å². The van der Waals surface area contributed by atoms with Gasteiger partial charge in [-0.3, -0.25) is 10.2 Å². The molecule has 8 nitrogen and oxygen atoms in total. The molecule has 158 valence electrons.